The smallest absolute Gasteiger partial charge is 0.317 e. The molecule has 1 saturated carbocycles. The maximum Gasteiger partial charge on any atom is 0.317 e. The van der Waals surface area contributed by atoms with Gasteiger partial charge in [0.1, 0.15) is 10.8 Å². The molecular weight excluding hydrogens is 448 g/mol. The molecule has 1 heterocycles. The van der Waals surface area contributed by atoms with Crippen molar-refractivity contribution in [3.05, 3.63) is 64.3 Å². The van der Waals surface area contributed by atoms with Gasteiger partial charge < -0.3 is 9.72 Å². The van der Waals surface area contributed by atoms with Gasteiger partial charge in [-0.25, -0.2) is 13.1 Å². The molecule has 1 aliphatic rings. The predicted octanol–water partition coefficient (Wildman–Crippen LogP) is 5.05. The summed E-state index contributed by atoms with van der Waals surface area (Å²) in [7, 11) is -2.51. The molecule has 170 valence electrons. The van der Waals surface area contributed by atoms with Crippen LogP contribution in [0.2, 0.25) is 5.02 Å². The average Bonchev–Trinajstić information content (AvgIpc) is 3.20. The number of aromatic nitrogens is 1. The molecule has 0 radical (unpaired) electrons. The fraction of sp³-hybridized carbons (Fsp3) is 0.375. The Morgan fingerprint density at radius 1 is 1.19 bits per heavy atom. The van der Waals surface area contributed by atoms with Gasteiger partial charge in [-0.15, -0.1) is 0 Å². The molecule has 6 nitrogen and oxygen atoms in total. The minimum Gasteiger partial charge on any atom is -0.468 e. The number of carbonyl (C=O) groups is 1. The van der Waals surface area contributed by atoms with Crippen molar-refractivity contribution < 1.29 is 17.9 Å². The zero-order chi connectivity index (χ0) is 22.9. The normalized spacial score (nSPS) is 16.2. The van der Waals surface area contributed by atoms with Gasteiger partial charge in [0.15, 0.2) is 0 Å². The van der Waals surface area contributed by atoms with Crippen molar-refractivity contribution in [1.29, 1.82) is 0 Å². The molecule has 32 heavy (non-hydrogen) atoms. The van der Waals surface area contributed by atoms with E-state index in [0.717, 1.165) is 54.1 Å². The zero-order valence-corrected chi connectivity index (χ0v) is 19.7. The molecule has 0 amide bonds. The van der Waals surface area contributed by atoms with E-state index in [0.29, 0.717) is 5.56 Å². The summed E-state index contributed by atoms with van der Waals surface area (Å²) in [5.41, 5.74) is 3.15. The standard InChI is InChI=1S/C24H27ClN2O4S/c1-15-7-6-10-20-22(15)18(14-26-20)23(24(28)31-2)16-11-12-19(25)21(13-16)32(29,30)27-17-8-4-3-5-9-17/h6-7,10-14,17,23,26-27H,3-5,8-9H2,1-2H3. The van der Waals surface area contributed by atoms with Crippen molar-refractivity contribution >= 4 is 38.5 Å². The minimum absolute atomic E-state index is 0.0206. The summed E-state index contributed by atoms with van der Waals surface area (Å²) in [5, 5.41) is 1.04. The number of benzene rings is 2. The summed E-state index contributed by atoms with van der Waals surface area (Å²) in [5.74, 6) is -1.27. The van der Waals surface area contributed by atoms with E-state index >= 15 is 0 Å². The SMILES string of the molecule is COC(=O)C(c1ccc(Cl)c(S(=O)(=O)NC2CCCCC2)c1)c1c[nH]c2cccc(C)c12. The molecule has 0 spiro atoms. The predicted molar refractivity (Wildman–Crippen MR) is 126 cm³/mol. The van der Waals surface area contributed by atoms with Crippen LogP contribution < -0.4 is 4.72 Å². The van der Waals surface area contributed by atoms with Crippen molar-refractivity contribution in [1.82, 2.24) is 9.71 Å². The lowest BCUT2D eigenvalue weighted by atomic mass is 9.90. The Morgan fingerprint density at radius 2 is 1.94 bits per heavy atom. The van der Waals surface area contributed by atoms with E-state index in [2.05, 4.69) is 9.71 Å². The third kappa shape index (κ3) is 4.42. The van der Waals surface area contributed by atoms with E-state index in [9.17, 15) is 13.2 Å². The van der Waals surface area contributed by atoms with Gasteiger partial charge in [-0.3, -0.25) is 4.79 Å². The number of aryl methyl sites for hydroxylation is 1. The van der Waals surface area contributed by atoms with E-state index < -0.39 is 21.9 Å². The van der Waals surface area contributed by atoms with Crippen LogP contribution >= 0.6 is 11.6 Å². The molecule has 0 bridgehead atoms. The zero-order valence-electron chi connectivity index (χ0n) is 18.2. The Kier molecular flexibility index (Phi) is 6.60. The largest absolute Gasteiger partial charge is 0.468 e. The Labute approximate surface area is 193 Å². The number of carbonyl (C=O) groups excluding carboxylic acids is 1. The molecule has 1 fully saturated rings. The number of hydrogen-bond acceptors (Lipinski definition) is 4. The molecule has 1 unspecified atom stereocenters. The average molecular weight is 475 g/mol. The molecular formula is C24H27ClN2O4S. The summed E-state index contributed by atoms with van der Waals surface area (Å²) in [6.45, 7) is 1.97. The van der Waals surface area contributed by atoms with Crippen LogP contribution in [-0.4, -0.2) is 32.5 Å². The fourth-order valence-electron chi connectivity index (χ4n) is 4.60. The van der Waals surface area contributed by atoms with Crippen LogP contribution in [0.4, 0.5) is 0 Å². The van der Waals surface area contributed by atoms with E-state index in [-0.39, 0.29) is 16.0 Å². The number of hydrogen-bond donors (Lipinski definition) is 2. The van der Waals surface area contributed by atoms with Crippen LogP contribution in [0.15, 0.2) is 47.5 Å². The van der Waals surface area contributed by atoms with Gasteiger partial charge in [0.2, 0.25) is 10.0 Å². The lowest BCUT2D eigenvalue weighted by molar-refractivity contribution is -0.141. The number of nitrogens with one attached hydrogen (secondary N) is 2. The Morgan fingerprint density at radius 3 is 2.66 bits per heavy atom. The lowest BCUT2D eigenvalue weighted by Gasteiger charge is -2.23. The second kappa shape index (κ2) is 9.25. The second-order valence-electron chi connectivity index (χ2n) is 8.34. The van der Waals surface area contributed by atoms with Gasteiger partial charge in [0.05, 0.1) is 12.1 Å². The van der Waals surface area contributed by atoms with Crippen LogP contribution in [0.25, 0.3) is 10.9 Å². The first-order chi connectivity index (χ1) is 15.3. The van der Waals surface area contributed by atoms with Gasteiger partial charge in [-0.1, -0.05) is 49.1 Å². The molecule has 2 aromatic carbocycles. The lowest BCUT2D eigenvalue weighted by Crippen LogP contribution is -2.36. The highest BCUT2D eigenvalue weighted by atomic mass is 35.5. The topological polar surface area (TPSA) is 88.3 Å². The van der Waals surface area contributed by atoms with Gasteiger partial charge in [-0.05, 0) is 54.7 Å². The van der Waals surface area contributed by atoms with Crippen LogP contribution in [0.1, 0.15) is 54.7 Å². The molecule has 2 N–H and O–H groups in total. The number of esters is 1. The molecule has 1 atom stereocenters. The van der Waals surface area contributed by atoms with Crippen molar-refractivity contribution in [2.24, 2.45) is 0 Å². The fourth-order valence-corrected chi connectivity index (χ4v) is 6.44. The maximum absolute atomic E-state index is 13.2. The van der Waals surface area contributed by atoms with Crippen molar-refractivity contribution in [3.8, 4) is 0 Å². The Bertz CT molecular complexity index is 1250. The van der Waals surface area contributed by atoms with E-state index in [1.54, 1.807) is 12.3 Å². The first-order valence-corrected chi connectivity index (χ1v) is 12.6. The van der Waals surface area contributed by atoms with Gasteiger partial charge in [-0.2, -0.15) is 0 Å². The van der Waals surface area contributed by atoms with Crippen LogP contribution in [-0.2, 0) is 19.6 Å². The highest BCUT2D eigenvalue weighted by molar-refractivity contribution is 7.89. The molecule has 0 aliphatic heterocycles. The van der Waals surface area contributed by atoms with Crippen LogP contribution in [0.5, 0.6) is 0 Å². The van der Waals surface area contributed by atoms with Crippen LogP contribution in [0.3, 0.4) is 0 Å². The van der Waals surface area contributed by atoms with E-state index in [1.807, 2.05) is 25.1 Å². The second-order valence-corrected chi connectivity index (χ2v) is 10.4. The Balaban J connectivity index is 1.79. The quantitative estimate of drug-likeness (QED) is 0.489. The monoisotopic (exact) mass is 474 g/mol. The number of sulfonamides is 1. The summed E-state index contributed by atoms with van der Waals surface area (Å²) in [6, 6.07) is 10.5. The minimum atomic E-state index is -3.84. The molecule has 0 saturated heterocycles. The van der Waals surface area contributed by atoms with Gasteiger partial charge >= 0.3 is 5.97 Å². The van der Waals surface area contributed by atoms with Crippen LogP contribution in [0, 0.1) is 6.92 Å². The van der Waals surface area contributed by atoms with E-state index in [1.165, 1.54) is 19.2 Å². The molecule has 1 aliphatic carbocycles. The number of H-pyrrole nitrogens is 1. The maximum atomic E-state index is 13.2. The molecule has 4 rings (SSSR count). The summed E-state index contributed by atoms with van der Waals surface area (Å²) in [6.07, 6.45) is 6.55. The highest BCUT2D eigenvalue weighted by Crippen LogP contribution is 2.36. The summed E-state index contributed by atoms with van der Waals surface area (Å²) in [4.78, 5) is 16.1. The number of fused-ring (bicyclic) bond motifs is 1. The molecule has 3 aromatic rings. The number of methoxy groups -OCH3 is 1. The number of aromatic amines is 1. The summed E-state index contributed by atoms with van der Waals surface area (Å²) < 4.78 is 34.2. The molecule has 8 heteroatoms. The summed E-state index contributed by atoms with van der Waals surface area (Å²) >= 11 is 6.32. The first-order valence-electron chi connectivity index (χ1n) is 10.8. The Hall–Kier alpha value is -2.35. The van der Waals surface area contributed by atoms with Gasteiger partial charge in [0.25, 0.3) is 0 Å². The molecule has 1 aromatic heterocycles. The van der Waals surface area contributed by atoms with Gasteiger partial charge in [0, 0.05) is 23.1 Å². The third-order valence-electron chi connectivity index (χ3n) is 6.20. The third-order valence-corrected chi connectivity index (χ3v) is 8.20. The number of rotatable bonds is 6. The number of ether oxygens (including phenoxy) is 1. The van der Waals surface area contributed by atoms with Crippen molar-refractivity contribution in [3.63, 3.8) is 0 Å². The number of halogens is 1. The first kappa shape index (κ1) is 22.8. The van der Waals surface area contributed by atoms with E-state index in [4.69, 9.17) is 16.3 Å². The van der Waals surface area contributed by atoms with Crippen molar-refractivity contribution in [2.45, 2.75) is 55.9 Å². The van der Waals surface area contributed by atoms with Crippen molar-refractivity contribution in [2.75, 3.05) is 7.11 Å². The highest BCUT2D eigenvalue weighted by Gasteiger charge is 2.30.